The van der Waals surface area contributed by atoms with Gasteiger partial charge in [0.2, 0.25) is 11.8 Å². The first-order valence-electron chi connectivity index (χ1n) is 8.39. The number of rotatable bonds is 5. The molecule has 0 aromatic rings. The maximum absolute atomic E-state index is 12.6. The smallest absolute Gasteiger partial charge is 0.242 e. The number of carbonyl (C=O) groups excluding carboxylic acids is 2. The molecule has 120 valence electrons. The summed E-state index contributed by atoms with van der Waals surface area (Å²) in [4.78, 5) is 26.6. The molecule has 0 saturated carbocycles. The summed E-state index contributed by atoms with van der Waals surface area (Å²) in [5.74, 6) is 0.459. The second-order valence-electron chi connectivity index (χ2n) is 6.57. The van der Waals surface area contributed by atoms with Crippen LogP contribution >= 0.6 is 0 Å². The van der Waals surface area contributed by atoms with Crippen LogP contribution < -0.4 is 10.6 Å². The molecule has 2 rings (SSSR count). The minimum Gasteiger partial charge on any atom is -0.356 e. The Balaban J connectivity index is 1.77. The molecule has 5 nitrogen and oxygen atoms in total. The van der Waals surface area contributed by atoms with E-state index in [1.54, 1.807) is 0 Å². The Morgan fingerprint density at radius 3 is 2.62 bits per heavy atom. The van der Waals surface area contributed by atoms with Crippen LogP contribution in [0.3, 0.4) is 0 Å². The molecule has 2 heterocycles. The van der Waals surface area contributed by atoms with Crippen LogP contribution in [0.25, 0.3) is 0 Å². The lowest BCUT2D eigenvalue weighted by atomic mass is 9.92. The highest BCUT2D eigenvalue weighted by molar-refractivity contribution is 5.86. The van der Waals surface area contributed by atoms with Crippen molar-refractivity contribution in [2.45, 2.75) is 57.9 Å². The van der Waals surface area contributed by atoms with Gasteiger partial charge in [-0.05, 0) is 45.6 Å². The molecule has 0 spiro atoms. The third-order valence-corrected chi connectivity index (χ3v) is 4.82. The van der Waals surface area contributed by atoms with Gasteiger partial charge in [0, 0.05) is 25.6 Å². The zero-order chi connectivity index (χ0) is 15.3. The highest BCUT2D eigenvalue weighted by Gasteiger charge is 2.40. The van der Waals surface area contributed by atoms with Gasteiger partial charge in [-0.25, -0.2) is 0 Å². The normalized spacial score (nSPS) is 26.9. The van der Waals surface area contributed by atoms with Gasteiger partial charge in [-0.15, -0.1) is 0 Å². The highest BCUT2D eigenvalue weighted by Crippen LogP contribution is 2.25. The van der Waals surface area contributed by atoms with Gasteiger partial charge in [-0.2, -0.15) is 0 Å². The van der Waals surface area contributed by atoms with E-state index in [4.69, 9.17) is 0 Å². The van der Waals surface area contributed by atoms with Gasteiger partial charge in [0.25, 0.3) is 0 Å². The maximum Gasteiger partial charge on any atom is 0.242 e. The van der Waals surface area contributed by atoms with Crippen molar-refractivity contribution in [3.05, 3.63) is 0 Å². The molecule has 2 fully saturated rings. The van der Waals surface area contributed by atoms with Gasteiger partial charge < -0.3 is 15.5 Å². The minimum absolute atomic E-state index is 0.0789. The Morgan fingerprint density at radius 1 is 1.33 bits per heavy atom. The summed E-state index contributed by atoms with van der Waals surface area (Å²) in [6.07, 6.45) is 5.70. The van der Waals surface area contributed by atoms with Crippen LogP contribution in [0.2, 0.25) is 0 Å². The Hall–Kier alpha value is -1.10. The molecule has 2 aliphatic rings. The lowest BCUT2D eigenvalue weighted by Crippen LogP contribution is -2.55. The zero-order valence-corrected chi connectivity index (χ0v) is 13.4. The monoisotopic (exact) mass is 295 g/mol. The van der Waals surface area contributed by atoms with E-state index in [0.29, 0.717) is 13.1 Å². The summed E-state index contributed by atoms with van der Waals surface area (Å²) in [5.41, 5.74) is -0.379. The molecule has 0 bridgehead atoms. The van der Waals surface area contributed by atoms with Crippen LogP contribution in [0.1, 0.15) is 52.4 Å². The van der Waals surface area contributed by atoms with Crippen molar-refractivity contribution in [3.8, 4) is 0 Å². The lowest BCUT2D eigenvalue weighted by Gasteiger charge is -2.36. The fourth-order valence-corrected chi connectivity index (χ4v) is 3.30. The van der Waals surface area contributed by atoms with Crippen LogP contribution in [-0.2, 0) is 9.59 Å². The number of likely N-dealkylation sites (tertiary alicyclic amines) is 1. The highest BCUT2D eigenvalue weighted by atomic mass is 16.2. The summed E-state index contributed by atoms with van der Waals surface area (Å²) in [5, 5.41) is 6.33. The molecule has 21 heavy (non-hydrogen) atoms. The topological polar surface area (TPSA) is 61.4 Å². The number of carbonyl (C=O) groups is 2. The van der Waals surface area contributed by atoms with Gasteiger partial charge in [-0.3, -0.25) is 9.59 Å². The van der Waals surface area contributed by atoms with Crippen molar-refractivity contribution in [1.82, 2.24) is 15.5 Å². The van der Waals surface area contributed by atoms with Gasteiger partial charge in [-0.1, -0.05) is 13.3 Å². The number of piperidine rings is 1. The van der Waals surface area contributed by atoms with E-state index in [9.17, 15) is 9.59 Å². The second kappa shape index (κ2) is 7.25. The van der Waals surface area contributed by atoms with Crippen LogP contribution in [0, 0.1) is 5.92 Å². The summed E-state index contributed by atoms with van der Waals surface area (Å²) in [6, 6.07) is 0. The van der Waals surface area contributed by atoms with Crippen molar-refractivity contribution < 1.29 is 9.59 Å². The van der Waals surface area contributed by atoms with Crippen molar-refractivity contribution in [2.24, 2.45) is 5.92 Å². The summed E-state index contributed by atoms with van der Waals surface area (Å²) in [6.45, 7) is 7.25. The van der Waals surface area contributed by atoms with Crippen molar-refractivity contribution in [2.75, 3.05) is 26.2 Å². The Kier molecular flexibility index (Phi) is 5.62. The molecule has 1 unspecified atom stereocenters. The molecule has 0 aliphatic carbocycles. The van der Waals surface area contributed by atoms with E-state index in [1.165, 1.54) is 0 Å². The van der Waals surface area contributed by atoms with E-state index in [1.807, 2.05) is 11.8 Å². The molecule has 2 aliphatic heterocycles. The van der Waals surface area contributed by atoms with E-state index in [0.717, 1.165) is 51.6 Å². The fourth-order valence-electron chi connectivity index (χ4n) is 3.30. The van der Waals surface area contributed by atoms with Crippen molar-refractivity contribution >= 4 is 11.8 Å². The lowest BCUT2D eigenvalue weighted by molar-refractivity contribution is -0.140. The number of hydrogen-bond acceptors (Lipinski definition) is 3. The van der Waals surface area contributed by atoms with Gasteiger partial charge in [0.1, 0.15) is 0 Å². The average Bonchev–Trinajstić information content (AvgIpc) is 2.95. The predicted molar refractivity (Wildman–Crippen MR) is 82.9 cm³/mol. The quantitative estimate of drug-likeness (QED) is 0.751. The first-order chi connectivity index (χ1) is 10.1. The third kappa shape index (κ3) is 3.96. The SMILES string of the molecule is CCCCNC(=O)C1CCN(C(=O)C2(C)CCCN2)CC1. The molecule has 0 radical (unpaired) electrons. The zero-order valence-electron chi connectivity index (χ0n) is 13.4. The number of nitrogens with zero attached hydrogens (tertiary/aromatic N) is 1. The summed E-state index contributed by atoms with van der Waals surface area (Å²) >= 11 is 0. The Bertz CT molecular complexity index is 370. The van der Waals surface area contributed by atoms with E-state index in [-0.39, 0.29) is 23.3 Å². The van der Waals surface area contributed by atoms with Gasteiger partial charge in [0.15, 0.2) is 0 Å². The molecule has 2 amide bonds. The molecular weight excluding hydrogens is 266 g/mol. The maximum atomic E-state index is 12.6. The standard InChI is InChI=1S/C16H29N3O2/c1-3-4-9-17-14(20)13-6-11-19(12-7-13)15(21)16(2)8-5-10-18-16/h13,18H,3-12H2,1-2H3,(H,17,20). The Morgan fingerprint density at radius 2 is 2.05 bits per heavy atom. The van der Waals surface area contributed by atoms with Gasteiger partial charge >= 0.3 is 0 Å². The first-order valence-corrected chi connectivity index (χ1v) is 8.39. The van der Waals surface area contributed by atoms with Crippen LogP contribution in [-0.4, -0.2) is 48.4 Å². The second-order valence-corrected chi connectivity index (χ2v) is 6.57. The van der Waals surface area contributed by atoms with Crippen LogP contribution in [0.5, 0.6) is 0 Å². The number of nitrogens with one attached hydrogen (secondary N) is 2. The minimum atomic E-state index is -0.379. The summed E-state index contributed by atoms with van der Waals surface area (Å²) < 4.78 is 0. The molecule has 2 N–H and O–H groups in total. The van der Waals surface area contributed by atoms with Gasteiger partial charge in [0.05, 0.1) is 5.54 Å². The Labute approximate surface area is 127 Å². The first kappa shape index (κ1) is 16.3. The van der Waals surface area contributed by atoms with E-state index in [2.05, 4.69) is 17.6 Å². The number of amides is 2. The largest absolute Gasteiger partial charge is 0.356 e. The molecule has 5 heteroatoms. The number of hydrogen-bond donors (Lipinski definition) is 2. The molecule has 0 aromatic carbocycles. The molecule has 0 aromatic heterocycles. The van der Waals surface area contributed by atoms with Crippen LogP contribution in [0.4, 0.5) is 0 Å². The van der Waals surface area contributed by atoms with E-state index >= 15 is 0 Å². The van der Waals surface area contributed by atoms with Crippen LogP contribution in [0.15, 0.2) is 0 Å². The van der Waals surface area contributed by atoms with E-state index < -0.39 is 0 Å². The number of unbranched alkanes of at least 4 members (excludes halogenated alkanes) is 1. The van der Waals surface area contributed by atoms with Crippen molar-refractivity contribution in [1.29, 1.82) is 0 Å². The third-order valence-electron chi connectivity index (χ3n) is 4.82. The van der Waals surface area contributed by atoms with Crippen molar-refractivity contribution in [3.63, 3.8) is 0 Å². The predicted octanol–water partition coefficient (Wildman–Crippen LogP) is 1.28. The molecule has 1 atom stereocenters. The molecule has 2 saturated heterocycles. The molecular formula is C16H29N3O2. The average molecular weight is 295 g/mol. The summed E-state index contributed by atoms with van der Waals surface area (Å²) in [7, 11) is 0. The fraction of sp³-hybridized carbons (Fsp3) is 0.875.